The summed E-state index contributed by atoms with van der Waals surface area (Å²) < 4.78 is 0. The van der Waals surface area contributed by atoms with Crippen LogP contribution in [0.4, 0.5) is 5.69 Å². The first-order valence-electron chi connectivity index (χ1n) is 13.5. The first kappa shape index (κ1) is 30.2. The van der Waals surface area contributed by atoms with Crippen LogP contribution in [0.25, 0.3) is 0 Å². The molecule has 0 radical (unpaired) electrons. The number of nitrogens with two attached hydrogens (primary N) is 1. The van der Waals surface area contributed by atoms with Crippen molar-refractivity contribution in [3.63, 3.8) is 0 Å². The maximum absolute atomic E-state index is 13.8. The highest BCUT2D eigenvalue weighted by Gasteiger charge is 2.42. The maximum atomic E-state index is 13.8. The standard InChI is InChI=1S/C34H27Cl2N3O3S/c35-28-16-13-24(19-29(28)36)17-18-38-31(40)21-30-33(42)39(27-8-4-7-26(20-27)32(37)41)34(43-30)25-14-11-23(12-15-25)10-9-22-5-2-1-3-6-22/h1-8,11-16,19-20,30,34H,17-18,21H2,(H2,37,41)(H,38,40)/t30-,34+/m1/s1. The minimum Gasteiger partial charge on any atom is -0.366 e. The SMILES string of the molecule is NC(=O)c1cccc(N2C(=O)[C@@H](CC(=O)NCCc3ccc(Cl)c(Cl)c3)S[C@H]2c2ccc(C#Cc3ccccc3)cc2)c1. The van der Waals surface area contributed by atoms with Crippen LogP contribution in [0, 0.1) is 11.8 Å². The number of anilines is 1. The molecule has 0 unspecified atom stereocenters. The molecule has 1 aliphatic rings. The molecule has 0 aliphatic carbocycles. The van der Waals surface area contributed by atoms with E-state index in [1.807, 2.05) is 60.7 Å². The fourth-order valence-corrected chi connectivity index (χ4v) is 6.43. The smallest absolute Gasteiger partial charge is 0.248 e. The van der Waals surface area contributed by atoms with Crippen LogP contribution in [0.2, 0.25) is 10.0 Å². The Kier molecular flexibility index (Phi) is 9.73. The average molecular weight is 629 g/mol. The van der Waals surface area contributed by atoms with E-state index in [4.69, 9.17) is 28.9 Å². The van der Waals surface area contributed by atoms with Crippen LogP contribution in [-0.4, -0.2) is 29.5 Å². The van der Waals surface area contributed by atoms with Gasteiger partial charge in [-0.15, -0.1) is 11.8 Å². The van der Waals surface area contributed by atoms with Gasteiger partial charge < -0.3 is 11.1 Å². The number of hydrogen-bond donors (Lipinski definition) is 2. The molecule has 0 bridgehead atoms. The summed E-state index contributed by atoms with van der Waals surface area (Å²) in [7, 11) is 0. The predicted molar refractivity (Wildman–Crippen MR) is 173 cm³/mol. The molecule has 3 amide bonds. The van der Waals surface area contributed by atoms with Gasteiger partial charge in [0.1, 0.15) is 5.37 Å². The molecule has 0 saturated carbocycles. The summed E-state index contributed by atoms with van der Waals surface area (Å²) in [6, 6.07) is 29.4. The van der Waals surface area contributed by atoms with Gasteiger partial charge in [0.25, 0.3) is 0 Å². The third kappa shape index (κ3) is 7.60. The minimum atomic E-state index is -0.621. The van der Waals surface area contributed by atoms with E-state index in [1.165, 1.54) is 11.8 Å². The highest BCUT2D eigenvalue weighted by Crippen LogP contribution is 2.46. The molecule has 1 saturated heterocycles. The molecular weight excluding hydrogens is 601 g/mol. The van der Waals surface area contributed by atoms with Crippen LogP contribution in [0.1, 0.15) is 44.4 Å². The summed E-state index contributed by atoms with van der Waals surface area (Å²) >= 11 is 13.5. The van der Waals surface area contributed by atoms with E-state index in [2.05, 4.69) is 17.2 Å². The van der Waals surface area contributed by atoms with E-state index in [0.717, 1.165) is 22.3 Å². The second-order valence-corrected chi connectivity index (χ2v) is 12.0. The topological polar surface area (TPSA) is 92.5 Å². The zero-order valence-electron chi connectivity index (χ0n) is 22.9. The van der Waals surface area contributed by atoms with Gasteiger partial charge >= 0.3 is 0 Å². The number of nitrogens with zero attached hydrogens (tertiary/aromatic N) is 1. The molecule has 0 aromatic heterocycles. The maximum Gasteiger partial charge on any atom is 0.248 e. The monoisotopic (exact) mass is 627 g/mol. The number of thioether (sulfide) groups is 1. The molecule has 43 heavy (non-hydrogen) atoms. The van der Waals surface area contributed by atoms with Crippen LogP contribution in [0.3, 0.4) is 0 Å². The normalized spacial score (nSPS) is 16.0. The Morgan fingerprint density at radius 2 is 1.58 bits per heavy atom. The summed E-state index contributed by atoms with van der Waals surface area (Å²) in [5, 5.41) is 2.80. The van der Waals surface area contributed by atoms with Crippen molar-refractivity contribution < 1.29 is 14.4 Å². The number of hydrogen-bond acceptors (Lipinski definition) is 4. The fourth-order valence-electron chi connectivity index (χ4n) is 4.66. The Morgan fingerprint density at radius 3 is 2.28 bits per heavy atom. The zero-order chi connectivity index (χ0) is 30.3. The van der Waals surface area contributed by atoms with Gasteiger partial charge in [0.15, 0.2) is 0 Å². The van der Waals surface area contributed by atoms with Gasteiger partial charge in [-0.25, -0.2) is 0 Å². The summed E-state index contributed by atoms with van der Waals surface area (Å²) in [5.74, 6) is 5.28. The number of carbonyl (C=O) groups is 3. The van der Waals surface area contributed by atoms with Crippen LogP contribution in [0.5, 0.6) is 0 Å². The lowest BCUT2D eigenvalue weighted by Crippen LogP contribution is -2.34. The van der Waals surface area contributed by atoms with Crippen molar-refractivity contribution in [2.75, 3.05) is 11.4 Å². The van der Waals surface area contributed by atoms with Crippen molar-refractivity contribution in [2.24, 2.45) is 5.73 Å². The Morgan fingerprint density at radius 1 is 0.860 bits per heavy atom. The van der Waals surface area contributed by atoms with Gasteiger partial charge in [-0.05, 0) is 72.1 Å². The molecule has 4 aromatic carbocycles. The molecule has 5 rings (SSSR count). The van der Waals surface area contributed by atoms with Crippen LogP contribution in [-0.2, 0) is 16.0 Å². The molecular formula is C34H27Cl2N3O3S. The molecule has 216 valence electrons. The van der Waals surface area contributed by atoms with E-state index in [-0.39, 0.29) is 18.2 Å². The Bertz CT molecular complexity index is 1720. The molecule has 1 fully saturated rings. The average Bonchev–Trinajstić information content (AvgIpc) is 3.33. The number of nitrogens with one attached hydrogen (secondary N) is 1. The number of halogens is 2. The molecule has 6 nitrogen and oxygen atoms in total. The van der Waals surface area contributed by atoms with E-state index >= 15 is 0 Å². The van der Waals surface area contributed by atoms with Crippen molar-refractivity contribution in [3.8, 4) is 11.8 Å². The fraction of sp³-hybridized carbons (Fsp3) is 0.147. The summed E-state index contributed by atoms with van der Waals surface area (Å²) in [6.45, 7) is 0.391. The molecule has 1 aliphatic heterocycles. The first-order chi connectivity index (χ1) is 20.8. The Hall–Kier alpha value is -4.22. The number of primary amides is 1. The number of benzene rings is 4. The van der Waals surface area contributed by atoms with Crippen LogP contribution < -0.4 is 16.0 Å². The van der Waals surface area contributed by atoms with Crippen molar-refractivity contribution in [1.29, 1.82) is 0 Å². The Balaban J connectivity index is 1.32. The van der Waals surface area contributed by atoms with E-state index in [0.29, 0.717) is 34.3 Å². The second kappa shape index (κ2) is 13.8. The van der Waals surface area contributed by atoms with E-state index in [1.54, 1.807) is 41.3 Å². The van der Waals surface area contributed by atoms with Gasteiger partial charge in [-0.1, -0.05) is 77.5 Å². The number of amides is 3. The molecule has 4 aromatic rings. The lowest BCUT2D eigenvalue weighted by Gasteiger charge is -2.24. The lowest BCUT2D eigenvalue weighted by molar-refractivity contribution is -0.124. The number of rotatable bonds is 8. The van der Waals surface area contributed by atoms with E-state index < -0.39 is 16.5 Å². The molecule has 0 spiro atoms. The van der Waals surface area contributed by atoms with Crippen LogP contribution in [0.15, 0.2) is 97.1 Å². The third-order valence-corrected chi connectivity index (χ3v) is 9.04. The summed E-state index contributed by atoms with van der Waals surface area (Å²) in [6.07, 6.45) is 0.580. The summed E-state index contributed by atoms with van der Waals surface area (Å²) in [5.41, 5.74) is 9.92. The van der Waals surface area contributed by atoms with E-state index in [9.17, 15) is 14.4 Å². The van der Waals surface area contributed by atoms with Gasteiger partial charge in [-0.2, -0.15) is 0 Å². The number of carbonyl (C=O) groups excluding carboxylic acids is 3. The zero-order valence-corrected chi connectivity index (χ0v) is 25.3. The summed E-state index contributed by atoms with van der Waals surface area (Å²) in [4.78, 5) is 40.2. The minimum absolute atomic E-state index is 0.00796. The van der Waals surface area contributed by atoms with Crippen LogP contribution >= 0.6 is 35.0 Å². The second-order valence-electron chi connectivity index (χ2n) is 9.89. The third-order valence-electron chi connectivity index (χ3n) is 6.86. The van der Waals surface area contributed by atoms with Gasteiger partial charge in [0.2, 0.25) is 17.7 Å². The lowest BCUT2D eigenvalue weighted by atomic mass is 10.1. The first-order valence-corrected chi connectivity index (χ1v) is 15.2. The molecule has 1 heterocycles. The molecule has 3 N–H and O–H groups in total. The van der Waals surface area contributed by atoms with Crippen molar-refractivity contribution >= 4 is 58.4 Å². The predicted octanol–water partition coefficient (Wildman–Crippen LogP) is 6.39. The quantitative estimate of drug-likeness (QED) is 0.221. The van der Waals surface area contributed by atoms with Crippen molar-refractivity contribution in [3.05, 3.63) is 135 Å². The van der Waals surface area contributed by atoms with Gasteiger partial charge in [-0.3, -0.25) is 19.3 Å². The molecule has 2 atom stereocenters. The molecule has 9 heteroatoms. The van der Waals surface area contributed by atoms with Gasteiger partial charge in [0, 0.05) is 35.3 Å². The van der Waals surface area contributed by atoms with Gasteiger partial charge in [0.05, 0.1) is 15.3 Å². The Labute approximate surface area is 264 Å². The highest BCUT2D eigenvalue weighted by molar-refractivity contribution is 8.01. The van der Waals surface area contributed by atoms with Crippen molar-refractivity contribution in [2.45, 2.75) is 23.5 Å². The van der Waals surface area contributed by atoms with Crippen molar-refractivity contribution in [1.82, 2.24) is 5.32 Å². The largest absolute Gasteiger partial charge is 0.366 e. The highest BCUT2D eigenvalue weighted by atomic mass is 35.5.